The van der Waals surface area contributed by atoms with Crippen LogP contribution in [0.15, 0.2) is 24.3 Å². The summed E-state index contributed by atoms with van der Waals surface area (Å²) in [4.78, 5) is 23.7. The molecular formula is C19H20F3N3O3. The Hall–Kier alpha value is -2.84. The first-order valence-electron chi connectivity index (χ1n) is 8.94. The van der Waals surface area contributed by atoms with Crippen molar-refractivity contribution in [3.63, 3.8) is 0 Å². The fraction of sp³-hybridized carbons (Fsp3) is 0.421. The van der Waals surface area contributed by atoms with E-state index in [9.17, 15) is 22.8 Å². The molecule has 28 heavy (non-hydrogen) atoms. The van der Waals surface area contributed by atoms with Gasteiger partial charge in [0, 0.05) is 11.3 Å². The number of carboxylic acid groups (broad SMARTS) is 1. The number of rotatable bonds is 5. The number of hydrogen-bond acceptors (Lipinski definition) is 3. The van der Waals surface area contributed by atoms with E-state index in [1.54, 1.807) is 4.68 Å². The van der Waals surface area contributed by atoms with E-state index in [0.29, 0.717) is 18.4 Å². The van der Waals surface area contributed by atoms with Crippen molar-refractivity contribution in [1.29, 1.82) is 0 Å². The lowest BCUT2D eigenvalue weighted by Gasteiger charge is -2.17. The van der Waals surface area contributed by atoms with Gasteiger partial charge in [-0.1, -0.05) is 17.7 Å². The van der Waals surface area contributed by atoms with E-state index in [4.69, 9.17) is 5.11 Å². The van der Waals surface area contributed by atoms with Crippen molar-refractivity contribution >= 4 is 11.9 Å². The third-order valence-corrected chi connectivity index (χ3v) is 4.71. The Kier molecular flexibility index (Phi) is 5.44. The molecule has 3 rings (SSSR count). The minimum atomic E-state index is -4.71. The van der Waals surface area contributed by atoms with Gasteiger partial charge < -0.3 is 10.4 Å². The highest BCUT2D eigenvalue weighted by Crippen LogP contribution is 2.28. The molecule has 0 saturated carbocycles. The molecular weight excluding hydrogens is 375 g/mol. The van der Waals surface area contributed by atoms with Crippen molar-refractivity contribution < 1.29 is 27.9 Å². The number of amides is 1. The number of alkyl halides is 3. The fourth-order valence-electron chi connectivity index (χ4n) is 3.34. The van der Waals surface area contributed by atoms with E-state index in [1.165, 1.54) is 0 Å². The molecule has 0 saturated heterocycles. The van der Waals surface area contributed by atoms with Crippen molar-refractivity contribution in [2.75, 3.05) is 0 Å². The van der Waals surface area contributed by atoms with E-state index in [2.05, 4.69) is 5.10 Å². The maximum absolute atomic E-state index is 12.6. The van der Waals surface area contributed by atoms with Gasteiger partial charge in [0.05, 0.1) is 12.1 Å². The van der Waals surface area contributed by atoms with Gasteiger partial charge in [0.15, 0.2) is 5.69 Å². The summed E-state index contributed by atoms with van der Waals surface area (Å²) in [6.07, 6.45) is -3.35. The molecule has 0 spiro atoms. The summed E-state index contributed by atoms with van der Waals surface area (Å²) < 4.78 is 39.5. The first-order valence-corrected chi connectivity index (χ1v) is 8.94. The van der Waals surface area contributed by atoms with Gasteiger partial charge in [0.25, 0.3) is 5.91 Å². The first kappa shape index (κ1) is 19.9. The predicted octanol–water partition coefficient (Wildman–Crippen LogP) is 3.19. The molecule has 1 aliphatic rings. The van der Waals surface area contributed by atoms with Gasteiger partial charge in [-0.05, 0) is 44.7 Å². The van der Waals surface area contributed by atoms with Crippen molar-refractivity contribution in [1.82, 2.24) is 15.1 Å². The molecule has 1 aliphatic carbocycles. The molecule has 2 aromatic rings. The molecule has 1 heterocycles. The van der Waals surface area contributed by atoms with Crippen LogP contribution in [0.25, 0.3) is 5.69 Å². The highest BCUT2D eigenvalue weighted by molar-refractivity contribution is 5.96. The van der Waals surface area contributed by atoms with Gasteiger partial charge in [-0.3, -0.25) is 4.79 Å². The monoisotopic (exact) mass is 395 g/mol. The Morgan fingerprint density at radius 2 is 1.86 bits per heavy atom. The molecule has 9 heteroatoms. The zero-order chi connectivity index (χ0) is 20.5. The fourth-order valence-corrected chi connectivity index (χ4v) is 3.34. The topological polar surface area (TPSA) is 84.2 Å². The van der Waals surface area contributed by atoms with E-state index >= 15 is 0 Å². The Balaban J connectivity index is 1.94. The van der Waals surface area contributed by atoms with E-state index < -0.39 is 30.5 Å². The molecule has 2 N–H and O–H groups in total. The third kappa shape index (κ3) is 4.35. The summed E-state index contributed by atoms with van der Waals surface area (Å²) in [6.45, 7) is 1.94. The zero-order valence-electron chi connectivity index (χ0n) is 15.2. The van der Waals surface area contributed by atoms with Gasteiger partial charge in [-0.2, -0.15) is 18.3 Å². The van der Waals surface area contributed by atoms with Crippen LogP contribution in [0.2, 0.25) is 0 Å². The third-order valence-electron chi connectivity index (χ3n) is 4.71. The largest absolute Gasteiger partial charge is 0.480 e. The van der Waals surface area contributed by atoms with Crippen LogP contribution < -0.4 is 5.32 Å². The normalized spacial score (nSPS) is 15.0. The van der Waals surface area contributed by atoms with Crippen LogP contribution in [0.1, 0.15) is 46.6 Å². The predicted molar refractivity (Wildman–Crippen MR) is 94.5 cm³/mol. The lowest BCUT2D eigenvalue weighted by Crippen LogP contribution is -2.44. The van der Waals surface area contributed by atoms with Crippen molar-refractivity contribution in [3.05, 3.63) is 46.8 Å². The van der Waals surface area contributed by atoms with Gasteiger partial charge >= 0.3 is 12.1 Å². The molecule has 1 atom stereocenters. The number of fused-ring (bicyclic) bond motifs is 1. The van der Waals surface area contributed by atoms with Crippen LogP contribution in [-0.2, 0) is 17.6 Å². The van der Waals surface area contributed by atoms with Gasteiger partial charge in [0.2, 0.25) is 0 Å². The molecule has 1 unspecified atom stereocenters. The van der Waals surface area contributed by atoms with Crippen LogP contribution in [0.3, 0.4) is 0 Å². The highest BCUT2D eigenvalue weighted by atomic mass is 19.4. The Morgan fingerprint density at radius 1 is 1.21 bits per heavy atom. The SMILES string of the molecule is Cc1ccc(-n2nc(C(=O)NC(CC(F)(F)F)C(=O)O)c3c2CCCC3)cc1. The maximum Gasteiger partial charge on any atom is 0.391 e. The molecule has 1 aromatic heterocycles. The van der Waals surface area contributed by atoms with Crippen molar-refractivity contribution in [3.8, 4) is 5.69 Å². The summed E-state index contributed by atoms with van der Waals surface area (Å²) >= 11 is 0. The average Bonchev–Trinajstić information content (AvgIpc) is 3.00. The quantitative estimate of drug-likeness (QED) is 0.814. The number of nitrogens with one attached hydrogen (secondary N) is 1. The number of carbonyl (C=O) groups is 2. The number of halogens is 3. The molecule has 0 aliphatic heterocycles. The summed E-state index contributed by atoms with van der Waals surface area (Å²) in [5.74, 6) is -2.64. The number of aryl methyl sites for hydroxylation is 1. The Morgan fingerprint density at radius 3 is 2.46 bits per heavy atom. The van der Waals surface area contributed by atoms with Crippen molar-refractivity contribution in [2.24, 2.45) is 0 Å². The lowest BCUT2D eigenvalue weighted by molar-refractivity contribution is -0.157. The number of aromatic nitrogens is 2. The number of benzene rings is 1. The molecule has 1 aromatic carbocycles. The van der Waals surface area contributed by atoms with Crippen LogP contribution in [-0.4, -0.2) is 39.0 Å². The molecule has 0 fully saturated rings. The number of carbonyl (C=O) groups excluding carboxylic acids is 1. The van der Waals surface area contributed by atoms with Crippen LogP contribution in [0, 0.1) is 6.92 Å². The maximum atomic E-state index is 12.6. The summed E-state index contributed by atoms with van der Waals surface area (Å²) in [6, 6.07) is 5.44. The Bertz CT molecular complexity index is 888. The standard InChI is InChI=1S/C19H20F3N3O3/c1-11-6-8-12(9-7-11)25-15-5-3-2-4-13(15)16(24-25)17(26)23-14(18(27)28)10-19(20,21)22/h6-9,14H,2-5,10H2,1H3,(H,23,26)(H,27,28). The summed E-state index contributed by atoms with van der Waals surface area (Å²) in [5.41, 5.74) is 3.29. The lowest BCUT2D eigenvalue weighted by atomic mass is 9.95. The van der Waals surface area contributed by atoms with E-state index in [1.807, 2.05) is 36.5 Å². The van der Waals surface area contributed by atoms with E-state index in [-0.39, 0.29) is 5.69 Å². The first-order chi connectivity index (χ1) is 13.2. The second kappa shape index (κ2) is 7.65. The minimum absolute atomic E-state index is 0.0105. The summed E-state index contributed by atoms with van der Waals surface area (Å²) in [7, 11) is 0. The average molecular weight is 395 g/mol. The number of aliphatic carboxylic acids is 1. The van der Waals surface area contributed by atoms with E-state index in [0.717, 1.165) is 29.8 Å². The molecule has 150 valence electrons. The molecule has 0 radical (unpaired) electrons. The smallest absolute Gasteiger partial charge is 0.391 e. The van der Waals surface area contributed by atoms with Crippen LogP contribution in [0.5, 0.6) is 0 Å². The van der Waals surface area contributed by atoms with Gasteiger partial charge in [-0.15, -0.1) is 0 Å². The zero-order valence-corrected chi connectivity index (χ0v) is 15.2. The number of nitrogens with zero attached hydrogens (tertiary/aromatic N) is 2. The number of hydrogen-bond donors (Lipinski definition) is 2. The second-order valence-corrected chi connectivity index (χ2v) is 6.91. The van der Waals surface area contributed by atoms with Crippen LogP contribution in [0.4, 0.5) is 13.2 Å². The highest BCUT2D eigenvalue weighted by Gasteiger charge is 2.37. The number of carboxylic acids is 1. The van der Waals surface area contributed by atoms with Crippen LogP contribution >= 0.6 is 0 Å². The van der Waals surface area contributed by atoms with Crippen molar-refractivity contribution in [2.45, 2.75) is 51.2 Å². The minimum Gasteiger partial charge on any atom is -0.480 e. The molecule has 0 bridgehead atoms. The van der Waals surface area contributed by atoms with Gasteiger partial charge in [-0.25, -0.2) is 9.48 Å². The molecule has 6 nitrogen and oxygen atoms in total. The summed E-state index contributed by atoms with van der Waals surface area (Å²) in [5, 5.41) is 15.3. The second-order valence-electron chi connectivity index (χ2n) is 6.91. The van der Waals surface area contributed by atoms with Gasteiger partial charge in [0.1, 0.15) is 6.04 Å². The molecule has 1 amide bonds. The Labute approximate surface area is 159 Å².